The van der Waals surface area contributed by atoms with E-state index in [9.17, 15) is 18.0 Å². The highest BCUT2D eigenvalue weighted by molar-refractivity contribution is 7.99. The molecular formula is C22H23F3O3S. The monoisotopic (exact) mass is 424 g/mol. The summed E-state index contributed by atoms with van der Waals surface area (Å²) in [5.74, 6) is 0.192. The maximum atomic E-state index is 12.6. The van der Waals surface area contributed by atoms with Gasteiger partial charge in [0.15, 0.2) is 0 Å². The molecule has 0 aliphatic rings. The van der Waals surface area contributed by atoms with Crippen molar-refractivity contribution in [2.24, 2.45) is 0 Å². The van der Waals surface area contributed by atoms with Crippen LogP contribution < -0.4 is 4.74 Å². The highest BCUT2D eigenvalue weighted by Crippen LogP contribution is 2.30. The molecule has 0 aliphatic carbocycles. The summed E-state index contributed by atoms with van der Waals surface area (Å²) in [7, 11) is 0. The molecule has 0 aliphatic heterocycles. The molecule has 0 heterocycles. The molecule has 0 aromatic heterocycles. The molecule has 0 atom stereocenters. The zero-order valence-electron chi connectivity index (χ0n) is 16.5. The number of alkyl halides is 3. The quantitative estimate of drug-likeness (QED) is 0.408. The predicted molar refractivity (Wildman–Crippen MR) is 109 cm³/mol. The fourth-order valence-corrected chi connectivity index (χ4v) is 3.67. The van der Waals surface area contributed by atoms with Crippen LogP contribution in [0.1, 0.15) is 30.5 Å². The molecule has 0 radical (unpaired) electrons. The lowest BCUT2D eigenvalue weighted by Gasteiger charge is -2.13. The number of hydrogen-bond donors (Lipinski definition) is 1. The number of allylic oxidation sites excluding steroid dienone is 1. The molecule has 29 heavy (non-hydrogen) atoms. The summed E-state index contributed by atoms with van der Waals surface area (Å²) in [5, 5.41) is 8.92. The first-order valence-electron chi connectivity index (χ1n) is 8.95. The number of carboxylic acid groups (broad SMARTS) is 1. The smallest absolute Gasteiger partial charge is 0.416 e. The second kappa shape index (κ2) is 9.87. The van der Waals surface area contributed by atoms with Gasteiger partial charge in [-0.3, -0.25) is 4.79 Å². The largest absolute Gasteiger partial charge is 0.489 e. The molecule has 0 spiro atoms. The minimum Gasteiger partial charge on any atom is -0.489 e. The predicted octanol–water partition coefficient (Wildman–Crippen LogP) is 6.15. The Labute approximate surface area is 172 Å². The van der Waals surface area contributed by atoms with Crippen LogP contribution in [-0.2, 0) is 17.4 Å². The molecule has 0 unspecified atom stereocenters. The molecule has 1 N–H and O–H groups in total. The fourth-order valence-electron chi connectivity index (χ4n) is 2.53. The second-order valence-corrected chi connectivity index (χ2v) is 7.91. The third-order valence-corrected chi connectivity index (χ3v) is 5.45. The number of aryl methyl sites for hydroxylation is 1. The van der Waals surface area contributed by atoms with Crippen LogP contribution in [0.3, 0.4) is 0 Å². The summed E-state index contributed by atoms with van der Waals surface area (Å²) in [6, 6.07) is 10.3. The number of thioether (sulfide) groups is 1. The van der Waals surface area contributed by atoms with E-state index in [4.69, 9.17) is 9.84 Å². The number of ether oxygens (including phenoxy) is 1. The first-order chi connectivity index (χ1) is 13.6. The van der Waals surface area contributed by atoms with Gasteiger partial charge in [-0.25, -0.2) is 0 Å². The van der Waals surface area contributed by atoms with Crippen LogP contribution in [0.4, 0.5) is 13.2 Å². The number of hydrogen-bond acceptors (Lipinski definition) is 3. The maximum Gasteiger partial charge on any atom is 0.416 e. The van der Waals surface area contributed by atoms with Gasteiger partial charge >= 0.3 is 12.1 Å². The Balaban J connectivity index is 1.97. The first-order valence-corrected chi connectivity index (χ1v) is 9.94. The lowest BCUT2D eigenvalue weighted by Crippen LogP contribution is -2.07. The zero-order chi connectivity index (χ0) is 21.6. The SMILES string of the molecule is CC(C)=C(COc1ccc(C(F)(F)F)cc1)CSc1ccc(CC(=O)O)c(C)c1. The standard InChI is InChI=1S/C22H23F3O3S/c1-14(2)17(12-28-19-7-5-18(6-8-19)22(23,24)25)13-29-20-9-4-16(11-21(26)27)15(3)10-20/h4-10H,11-13H2,1-3H3,(H,26,27). The van der Waals surface area contributed by atoms with Crippen molar-refractivity contribution in [1.82, 2.24) is 0 Å². The summed E-state index contributed by atoms with van der Waals surface area (Å²) in [5.41, 5.74) is 3.14. The average Bonchev–Trinajstić information content (AvgIpc) is 2.63. The van der Waals surface area contributed by atoms with E-state index in [0.717, 1.165) is 39.3 Å². The van der Waals surface area contributed by atoms with Gasteiger partial charge in [-0.15, -0.1) is 11.8 Å². The van der Waals surface area contributed by atoms with E-state index >= 15 is 0 Å². The van der Waals surface area contributed by atoms with Crippen molar-refractivity contribution < 1.29 is 27.8 Å². The van der Waals surface area contributed by atoms with Gasteiger partial charge in [0, 0.05) is 10.6 Å². The van der Waals surface area contributed by atoms with Gasteiger partial charge in [-0.05, 0) is 73.9 Å². The molecular weight excluding hydrogens is 401 g/mol. The van der Waals surface area contributed by atoms with Gasteiger partial charge < -0.3 is 9.84 Å². The average molecular weight is 424 g/mol. The van der Waals surface area contributed by atoms with Gasteiger partial charge in [-0.2, -0.15) is 13.2 Å². The van der Waals surface area contributed by atoms with E-state index in [-0.39, 0.29) is 13.0 Å². The zero-order valence-corrected chi connectivity index (χ0v) is 17.3. The molecule has 0 bridgehead atoms. The molecule has 7 heteroatoms. The van der Waals surface area contributed by atoms with Crippen molar-refractivity contribution in [3.63, 3.8) is 0 Å². The maximum absolute atomic E-state index is 12.6. The highest BCUT2D eigenvalue weighted by atomic mass is 32.2. The first kappa shape index (κ1) is 22.9. The van der Waals surface area contributed by atoms with Crippen molar-refractivity contribution in [1.29, 1.82) is 0 Å². The Hall–Kier alpha value is -2.41. The van der Waals surface area contributed by atoms with E-state index in [1.807, 2.05) is 39.0 Å². The normalized spacial score (nSPS) is 11.2. The van der Waals surface area contributed by atoms with Crippen molar-refractivity contribution >= 4 is 17.7 Å². The molecule has 0 saturated heterocycles. The highest BCUT2D eigenvalue weighted by Gasteiger charge is 2.30. The van der Waals surface area contributed by atoms with E-state index in [1.165, 1.54) is 12.1 Å². The van der Waals surface area contributed by atoms with Gasteiger partial charge in [0.05, 0.1) is 12.0 Å². The van der Waals surface area contributed by atoms with Crippen LogP contribution in [0.5, 0.6) is 5.75 Å². The summed E-state index contributed by atoms with van der Waals surface area (Å²) in [4.78, 5) is 11.9. The lowest BCUT2D eigenvalue weighted by atomic mass is 10.1. The fraction of sp³-hybridized carbons (Fsp3) is 0.318. The van der Waals surface area contributed by atoms with Crippen LogP contribution in [0.2, 0.25) is 0 Å². The van der Waals surface area contributed by atoms with Crippen LogP contribution in [0.15, 0.2) is 58.5 Å². The molecule has 2 aromatic rings. The molecule has 2 rings (SSSR count). The van der Waals surface area contributed by atoms with Crippen molar-refractivity contribution in [3.05, 3.63) is 70.3 Å². The molecule has 156 valence electrons. The number of halogens is 3. The minimum atomic E-state index is -4.36. The Morgan fingerprint density at radius 1 is 1.10 bits per heavy atom. The van der Waals surface area contributed by atoms with Crippen LogP contribution in [-0.4, -0.2) is 23.4 Å². The van der Waals surface area contributed by atoms with Gasteiger partial charge in [-0.1, -0.05) is 11.6 Å². The van der Waals surface area contributed by atoms with E-state index in [1.54, 1.807) is 11.8 Å². The van der Waals surface area contributed by atoms with Crippen molar-refractivity contribution in [2.45, 2.75) is 38.3 Å². The summed E-state index contributed by atoms with van der Waals surface area (Å²) < 4.78 is 43.6. The third-order valence-electron chi connectivity index (χ3n) is 4.37. The van der Waals surface area contributed by atoms with Gasteiger partial charge in [0.1, 0.15) is 12.4 Å². The van der Waals surface area contributed by atoms with Gasteiger partial charge in [0.2, 0.25) is 0 Å². The summed E-state index contributed by atoms with van der Waals surface area (Å²) in [6.45, 7) is 6.11. The number of benzene rings is 2. The molecule has 0 fully saturated rings. The van der Waals surface area contributed by atoms with E-state index < -0.39 is 17.7 Å². The number of aliphatic carboxylic acids is 1. The van der Waals surface area contributed by atoms with Crippen molar-refractivity contribution in [2.75, 3.05) is 12.4 Å². The van der Waals surface area contributed by atoms with E-state index in [0.29, 0.717) is 11.5 Å². The third kappa shape index (κ3) is 7.16. The minimum absolute atomic E-state index is 0.00301. The molecule has 2 aromatic carbocycles. The molecule has 3 nitrogen and oxygen atoms in total. The summed E-state index contributed by atoms with van der Waals surface area (Å²) >= 11 is 1.61. The number of carboxylic acids is 1. The summed E-state index contributed by atoms with van der Waals surface area (Å²) in [6.07, 6.45) is -4.37. The second-order valence-electron chi connectivity index (χ2n) is 6.86. The van der Waals surface area contributed by atoms with Crippen molar-refractivity contribution in [3.8, 4) is 5.75 Å². The van der Waals surface area contributed by atoms with E-state index in [2.05, 4.69) is 0 Å². The Morgan fingerprint density at radius 3 is 2.28 bits per heavy atom. The lowest BCUT2D eigenvalue weighted by molar-refractivity contribution is -0.138. The van der Waals surface area contributed by atoms with Crippen LogP contribution in [0.25, 0.3) is 0 Å². The van der Waals surface area contributed by atoms with Crippen LogP contribution >= 0.6 is 11.8 Å². The molecule has 0 saturated carbocycles. The number of carbonyl (C=O) groups is 1. The topological polar surface area (TPSA) is 46.5 Å². The molecule has 0 amide bonds. The van der Waals surface area contributed by atoms with Crippen LogP contribution in [0, 0.1) is 6.92 Å². The Bertz CT molecular complexity index is 883. The Kier molecular flexibility index (Phi) is 7.79. The Morgan fingerprint density at radius 2 is 1.76 bits per heavy atom. The van der Waals surface area contributed by atoms with Gasteiger partial charge in [0.25, 0.3) is 0 Å². The number of rotatable bonds is 8.